The second kappa shape index (κ2) is 9.74. The fourth-order valence-corrected chi connectivity index (χ4v) is 3.79. The first-order chi connectivity index (χ1) is 14.7. The zero-order valence-corrected chi connectivity index (χ0v) is 16.7. The highest BCUT2D eigenvalue weighted by Gasteiger charge is 2.33. The molecule has 0 aliphatic heterocycles. The van der Waals surface area contributed by atoms with Gasteiger partial charge in [-0.1, -0.05) is 48.5 Å². The summed E-state index contributed by atoms with van der Waals surface area (Å²) in [6, 6.07) is 23.4. The Balaban J connectivity index is 1.42. The van der Waals surface area contributed by atoms with Crippen LogP contribution in [0.4, 0.5) is 4.39 Å². The van der Waals surface area contributed by atoms with E-state index in [-0.39, 0.29) is 18.0 Å². The lowest BCUT2D eigenvalue weighted by Gasteiger charge is -2.35. The van der Waals surface area contributed by atoms with Crippen LogP contribution in [0.1, 0.15) is 24.8 Å². The fraction of sp³-hybridized carbons (Fsp3) is 0.280. The molecule has 30 heavy (non-hydrogen) atoms. The highest BCUT2D eigenvalue weighted by molar-refractivity contribution is 5.43. The molecule has 0 aromatic heterocycles. The maximum Gasteiger partial charge on any atom is 0.169 e. The summed E-state index contributed by atoms with van der Waals surface area (Å²) in [4.78, 5) is 0. The lowest BCUT2D eigenvalue weighted by Crippen LogP contribution is -2.50. The van der Waals surface area contributed by atoms with Crippen LogP contribution in [0.2, 0.25) is 0 Å². The van der Waals surface area contributed by atoms with E-state index in [0.717, 1.165) is 19.3 Å². The monoisotopic (exact) mass is 407 g/mol. The van der Waals surface area contributed by atoms with Crippen LogP contribution in [0, 0.1) is 5.82 Å². The number of halogens is 1. The summed E-state index contributed by atoms with van der Waals surface area (Å²) in [5.41, 5.74) is 1.18. The van der Waals surface area contributed by atoms with Gasteiger partial charge in [-0.05, 0) is 49.1 Å². The molecule has 0 saturated heterocycles. The summed E-state index contributed by atoms with van der Waals surface area (Å²) >= 11 is 0. The maximum absolute atomic E-state index is 13.5. The van der Waals surface area contributed by atoms with Crippen molar-refractivity contribution in [1.29, 1.82) is 0 Å². The molecule has 1 fully saturated rings. The van der Waals surface area contributed by atoms with E-state index in [4.69, 9.17) is 9.47 Å². The van der Waals surface area contributed by atoms with E-state index < -0.39 is 6.10 Å². The van der Waals surface area contributed by atoms with Crippen molar-refractivity contribution in [1.82, 2.24) is 5.32 Å². The predicted molar refractivity (Wildman–Crippen MR) is 114 cm³/mol. The van der Waals surface area contributed by atoms with Crippen LogP contribution in [0.5, 0.6) is 17.2 Å². The zero-order chi connectivity index (χ0) is 20.8. The number of rotatable bonds is 7. The first-order valence-electron chi connectivity index (χ1n) is 10.3. The zero-order valence-electron chi connectivity index (χ0n) is 16.7. The summed E-state index contributed by atoms with van der Waals surface area (Å²) in [6.07, 6.45) is 1.64. The minimum atomic E-state index is -0.635. The molecule has 0 unspecified atom stereocenters. The van der Waals surface area contributed by atoms with Gasteiger partial charge in [-0.3, -0.25) is 0 Å². The molecule has 156 valence electrons. The average Bonchev–Trinajstić information content (AvgIpc) is 2.76. The van der Waals surface area contributed by atoms with Crippen molar-refractivity contribution < 1.29 is 19.0 Å². The Morgan fingerprint density at radius 3 is 2.47 bits per heavy atom. The number of hydrogen-bond donors (Lipinski definition) is 2. The summed E-state index contributed by atoms with van der Waals surface area (Å²) < 4.78 is 25.5. The molecule has 1 aliphatic carbocycles. The van der Waals surface area contributed by atoms with Gasteiger partial charge >= 0.3 is 0 Å². The minimum Gasteiger partial charge on any atom is -0.484 e. The Hall–Kier alpha value is -2.89. The second-order valence-corrected chi connectivity index (χ2v) is 7.56. The summed E-state index contributed by atoms with van der Waals surface area (Å²) in [6.45, 7) is 0.703. The Morgan fingerprint density at radius 1 is 0.900 bits per heavy atom. The van der Waals surface area contributed by atoms with E-state index in [1.807, 2.05) is 36.4 Å². The number of aliphatic hydroxyl groups excluding tert-OH is 1. The van der Waals surface area contributed by atoms with Crippen molar-refractivity contribution in [3.05, 3.63) is 90.2 Å². The smallest absolute Gasteiger partial charge is 0.169 e. The molecule has 3 atom stereocenters. The lowest BCUT2D eigenvalue weighted by molar-refractivity contribution is -0.0165. The van der Waals surface area contributed by atoms with Gasteiger partial charge in [0.25, 0.3) is 0 Å². The van der Waals surface area contributed by atoms with Crippen LogP contribution >= 0.6 is 0 Å². The second-order valence-electron chi connectivity index (χ2n) is 7.56. The Bertz CT molecular complexity index is 950. The van der Waals surface area contributed by atoms with E-state index >= 15 is 0 Å². The first-order valence-corrected chi connectivity index (χ1v) is 10.3. The normalized spacial score (nSPS) is 21.2. The Morgan fingerprint density at radius 2 is 1.67 bits per heavy atom. The van der Waals surface area contributed by atoms with E-state index in [1.54, 1.807) is 18.2 Å². The van der Waals surface area contributed by atoms with Crippen molar-refractivity contribution in [2.24, 2.45) is 0 Å². The molecule has 3 aromatic carbocycles. The number of para-hydroxylation sites is 2. The summed E-state index contributed by atoms with van der Waals surface area (Å²) in [5, 5.41) is 14.4. The predicted octanol–water partition coefficient (Wildman–Crippen LogP) is 5.07. The molecule has 3 aromatic rings. The summed E-state index contributed by atoms with van der Waals surface area (Å²) in [5.74, 6) is 1.07. The molecule has 5 heteroatoms. The third kappa shape index (κ3) is 5.17. The highest BCUT2D eigenvalue weighted by atomic mass is 19.1. The molecule has 0 radical (unpaired) electrons. The number of ether oxygens (including phenoxy) is 2. The van der Waals surface area contributed by atoms with Gasteiger partial charge in [-0.25, -0.2) is 4.39 Å². The molecule has 0 bridgehead atoms. The molecule has 4 rings (SSSR count). The van der Waals surface area contributed by atoms with Crippen molar-refractivity contribution in [2.75, 3.05) is 0 Å². The van der Waals surface area contributed by atoms with Crippen LogP contribution < -0.4 is 14.8 Å². The van der Waals surface area contributed by atoms with Gasteiger partial charge < -0.3 is 19.9 Å². The van der Waals surface area contributed by atoms with Gasteiger partial charge in [-0.2, -0.15) is 0 Å². The first kappa shape index (κ1) is 20.4. The van der Waals surface area contributed by atoms with Crippen molar-refractivity contribution in [3.63, 3.8) is 0 Å². The largest absolute Gasteiger partial charge is 0.484 e. The van der Waals surface area contributed by atoms with Crippen LogP contribution in [0.25, 0.3) is 0 Å². The van der Waals surface area contributed by atoms with Gasteiger partial charge in [0, 0.05) is 18.7 Å². The van der Waals surface area contributed by atoms with Gasteiger partial charge in [0.2, 0.25) is 0 Å². The number of nitrogens with one attached hydrogen (secondary N) is 1. The van der Waals surface area contributed by atoms with Crippen LogP contribution in [0.3, 0.4) is 0 Å². The van der Waals surface area contributed by atoms with Gasteiger partial charge in [0.05, 0.1) is 0 Å². The Kier molecular flexibility index (Phi) is 6.62. The van der Waals surface area contributed by atoms with Gasteiger partial charge in [0.1, 0.15) is 23.8 Å². The average molecular weight is 407 g/mol. The van der Waals surface area contributed by atoms with Crippen LogP contribution in [-0.2, 0) is 6.54 Å². The molecule has 0 heterocycles. The van der Waals surface area contributed by atoms with E-state index in [1.165, 1.54) is 17.7 Å². The van der Waals surface area contributed by atoms with Gasteiger partial charge in [0.15, 0.2) is 11.5 Å². The number of benzene rings is 3. The van der Waals surface area contributed by atoms with E-state index in [0.29, 0.717) is 23.8 Å². The molecule has 4 nitrogen and oxygen atoms in total. The molecule has 0 spiro atoms. The Labute approximate surface area is 176 Å². The molecular weight excluding hydrogens is 381 g/mol. The highest BCUT2D eigenvalue weighted by Crippen LogP contribution is 2.34. The van der Waals surface area contributed by atoms with Crippen molar-refractivity contribution >= 4 is 0 Å². The topological polar surface area (TPSA) is 50.7 Å². The van der Waals surface area contributed by atoms with Crippen molar-refractivity contribution in [3.8, 4) is 17.2 Å². The molecule has 2 N–H and O–H groups in total. The van der Waals surface area contributed by atoms with E-state index in [2.05, 4.69) is 17.4 Å². The standard InChI is InChI=1S/C25H26FNO3/c26-19-10-6-11-20(16-19)29-22-13-4-5-14-23(22)30-24-15-7-12-21(25(24)28)27-17-18-8-2-1-3-9-18/h1-6,8-11,13-14,16,21,24-25,27-28H,7,12,15,17H2/t21-,24-,25-/m1/s1. The SMILES string of the molecule is O[C@@H]1[C@H](NCc2ccccc2)CCC[C@H]1Oc1ccccc1Oc1cccc(F)c1. The third-order valence-corrected chi connectivity index (χ3v) is 5.36. The van der Waals surface area contributed by atoms with E-state index in [9.17, 15) is 9.50 Å². The summed E-state index contributed by atoms with van der Waals surface area (Å²) in [7, 11) is 0. The third-order valence-electron chi connectivity index (χ3n) is 5.36. The molecule has 0 amide bonds. The molecule has 1 saturated carbocycles. The number of aliphatic hydroxyl groups is 1. The van der Waals surface area contributed by atoms with Gasteiger partial charge in [-0.15, -0.1) is 0 Å². The van der Waals surface area contributed by atoms with Crippen LogP contribution in [-0.4, -0.2) is 23.4 Å². The van der Waals surface area contributed by atoms with Crippen molar-refractivity contribution in [2.45, 2.75) is 44.1 Å². The fourth-order valence-electron chi connectivity index (χ4n) is 3.79. The van der Waals surface area contributed by atoms with Crippen LogP contribution in [0.15, 0.2) is 78.9 Å². The minimum absolute atomic E-state index is 0.0414. The lowest BCUT2D eigenvalue weighted by atomic mass is 9.89. The maximum atomic E-state index is 13.5. The molecular formula is C25H26FNO3. The number of hydrogen-bond acceptors (Lipinski definition) is 4. The quantitative estimate of drug-likeness (QED) is 0.574. The molecule has 1 aliphatic rings.